The van der Waals surface area contributed by atoms with Gasteiger partial charge in [-0.15, -0.1) is 0 Å². The second-order valence-corrected chi connectivity index (χ2v) is 8.50. The number of nitrogens with one attached hydrogen (secondary N) is 1. The van der Waals surface area contributed by atoms with Crippen molar-refractivity contribution < 1.29 is 4.79 Å². The molecular weight excluding hydrogens is 382 g/mol. The molecule has 3 rings (SSSR count). The van der Waals surface area contributed by atoms with Crippen LogP contribution in [0.25, 0.3) is 5.57 Å². The average molecular weight is 410 g/mol. The molecule has 0 radical (unpaired) electrons. The van der Waals surface area contributed by atoms with E-state index in [-0.39, 0.29) is 11.4 Å². The summed E-state index contributed by atoms with van der Waals surface area (Å²) in [5.74, 6) is -0.286. The first kappa shape index (κ1) is 21.1. The molecule has 0 atom stereocenters. The Hall–Kier alpha value is -2.59. The number of carbonyl (C=O) groups is 1. The molecule has 0 aliphatic carbocycles. The molecule has 1 amide bonds. The molecule has 0 unspecified atom stereocenters. The first-order chi connectivity index (χ1) is 13.7. The molecule has 5 heteroatoms. The number of hydrogen-bond donors (Lipinski definition) is 1. The molecule has 2 aromatic carbocycles. The van der Waals surface area contributed by atoms with E-state index in [0.717, 1.165) is 24.1 Å². The van der Waals surface area contributed by atoms with Crippen molar-refractivity contribution >= 4 is 35.0 Å². The molecule has 1 heterocycles. The van der Waals surface area contributed by atoms with Crippen LogP contribution in [0.4, 0.5) is 5.69 Å². The maximum atomic E-state index is 12.2. The smallest absolute Gasteiger partial charge is 0.271 e. The summed E-state index contributed by atoms with van der Waals surface area (Å²) in [6.07, 6.45) is 5.12. The zero-order valence-corrected chi connectivity index (χ0v) is 18.5. The van der Waals surface area contributed by atoms with E-state index in [2.05, 4.69) is 68.3 Å². The van der Waals surface area contributed by atoms with Gasteiger partial charge in [0.05, 0.1) is 11.8 Å². The fraction of sp³-hybridized carbons (Fsp3) is 0.333. The van der Waals surface area contributed by atoms with E-state index in [0.29, 0.717) is 10.6 Å². The van der Waals surface area contributed by atoms with E-state index >= 15 is 0 Å². The Morgan fingerprint density at radius 3 is 2.69 bits per heavy atom. The number of carbonyl (C=O) groups excluding carboxylic acids is 1. The molecule has 0 saturated carbocycles. The monoisotopic (exact) mass is 409 g/mol. The van der Waals surface area contributed by atoms with Crippen molar-refractivity contribution in [1.29, 1.82) is 0 Å². The van der Waals surface area contributed by atoms with Crippen LogP contribution >= 0.6 is 11.6 Å². The van der Waals surface area contributed by atoms with E-state index in [1.165, 1.54) is 16.8 Å². The van der Waals surface area contributed by atoms with Crippen molar-refractivity contribution in [2.45, 2.75) is 46.6 Å². The number of anilines is 1. The summed E-state index contributed by atoms with van der Waals surface area (Å²) in [6.45, 7) is 12.0. The number of benzene rings is 2. The third-order valence-electron chi connectivity index (χ3n) is 5.27. The summed E-state index contributed by atoms with van der Waals surface area (Å²) in [4.78, 5) is 14.7. The van der Waals surface area contributed by atoms with Crippen LogP contribution < -0.4 is 10.3 Å². The minimum absolute atomic E-state index is 0.0138. The highest BCUT2D eigenvalue weighted by molar-refractivity contribution is 6.30. The predicted octanol–water partition coefficient (Wildman–Crippen LogP) is 5.82. The summed E-state index contributed by atoms with van der Waals surface area (Å²) in [5.41, 5.74) is 8.89. The zero-order valence-electron chi connectivity index (χ0n) is 17.7. The van der Waals surface area contributed by atoms with Gasteiger partial charge in [0.1, 0.15) is 0 Å². The van der Waals surface area contributed by atoms with Crippen molar-refractivity contribution in [2.75, 3.05) is 11.4 Å². The first-order valence-corrected chi connectivity index (χ1v) is 10.3. The lowest BCUT2D eigenvalue weighted by molar-refractivity contribution is 0.0955. The van der Waals surface area contributed by atoms with E-state index < -0.39 is 0 Å². The quantitative estimate of drug-likeness (QED) is 0.499. The Morgan fingerprint density at radius 2 is 2.00 bits per heavy atom. The molecule has 29 heavy (non-hydrogen) atoms. The van der Waals surface area contributed by atoms with Crippen molar-refractivity contribution in [2.24, 2.45) is 5.10 Å². The second-order valence-electron chi connectivity index (χ2n) is 8.07. The van der Waals surface area contributed by atoms with Crippen LogP contribution in [0, 0.1) is 6.92 Å². The van der Waals surface area contributed by atoms with Gasteiger partial charge in [-0.3, -0.25) is 4.79 Å². The van der Waals surface area contributed by atoms with Crippen LogP contribution in [-0.2, 0) is 0 Å². The van der Waals surface area contributed by atoms with Gasteiger partial charge in [0.25, 0.3) is 5.91 Å². The maximum absolute atomic E-state index is 12.2. The molecule has 4 nitrogen and oxygen atoms in total. The molecule has 0 fully saturated rings. The lowest BCUT2D eigenvalue weighted by Gasteiger charge is -2.43. The highest BCUT2D eigenvalue weighted by Gasteiger charge is 2.31. The molecular formula is C24H28ClN3O. The first-order valence-electron chi connectivity index (χ1n) is 9.94. The molecule has 1 aliphatic rings. The third kappa shape index (κ3) is 4.54. The van der Waals surface area contributed by atoms with Gasteiger partial charge in [-0.25, -0.2) is 5.43 Å². The number of nitrogens with zero attached hydrogens (tertiary/aromatic N) is 2. The second kappa shape index (κ2) is 8.42. The molecule has 0 bridgehead atoms. The fourth-order valence-electron chi connectivity index (χ4n) is 3.87. The van der Waals surface area contributed by atoms with Gasteiger partial charge in [-0.2, -0.15) is 5.10 Å². The Morgan fingerprint density at radius 1 is 1.24 bits per heavy atom. The molecule has 1 N–H and O–H groups in total. The number of aryl methyl sites for hydroxylation is 1. The number of rotatable bonds is 5. The fourth-order valence-corrected chi connectivity index (χ4v) is 4.06. The molecule has 0 spiro atoms. The largest absolute Gasteiger partial charge is 0.362 e. The van der Waals surface area contributed by atoms with Crippen LogP contribution in [0.3, 0.4) is 0 Å². The van der Waals surface area contributed by atoms with Crippen LogP contribution in [0.2, 0.25) is 5.02 Å². The van der Waals surface area contributed by atoms with E-state index in [1.807, 2.05) is 0 Å². The number of fused-ring (bicyclic) bond motifs is 1. The number of halogens is 1. The van der Waals surface area contributed by atoms with Gasteiger partial charge in [0, 0.05) is 28.4 Å². The van der Waals surface area contributed by atoms with Crippen LogP contribution in [0.1, 0.15) is 61.2 Å². The molecule has 0 saturated heterocycles. The highest BCUT2D eigenvalue weighted by atomic mass is 35.5. The SMILES string of the molecule is CCCN1c2cc(C)c(/C=N\NC(=O)c3cccc(Cl)c3)cc2C(C)=CC1(C)C. The van der Waals surface area contributed by atoms with Crippen LogP contribution in [0.5, 0.6) is 0 Å². The van der Waals surface area contributed by atoms with Gasteiger partial charge in [0.15, 0.2) is 0 Å². The van der Waals surface area contributed by atoms with Crippen molar-refractivity contribution in [1.82, 2.24) is 5.43 Å². The van der Waals surface area contributed by atoms with Crippen LogP contribution in [-0.4, -0.2) is 24.2 Å². The average Bonchev–Trinajstić information content (AvgIpc) is 2.65. The minimum atomic E-state index is -0.286. The normalized spacial score (nSPS) is 15.2. The van der Waals surface area contributed by atoms with Crippen molar-refractivity contribution in [3.8, 4) is 0 Å². The van der Waals surface area contributed by atoms with Gasteiger partial charge < -0.3 is 4.90 Å². The lowest BCUT2D eigenvalue weighted by Crippen LogP contribution is -2.45. The number of amides is 1. The molecule has 1 aliphatic heterocycles. The summed E-state index contributed by atoms with van der Waals surface area (Å²) in [7, 11) is 0. The van der Waals surface area contributed by atoms with E-state index in [1.54, 1.807) is 30.5 Å². The highest BCUT2D eigenvalue weighted by Crippen LogP contribution is 2.40. The number of allylic oxidation sites excluding steroid dienone is 1. The summed E-state index contributed by atoms with van der Waals surface area (Å²) in [5, 5.41) is 4.69. The Bertz CT molecular complexity index is 992. The minimum Gasteiger partial charge on any atom is -0.362 e. The summed E-state index contributed by atoms with van der Waals surface area (Å²) in [6, 6.07) is 11.2. The zero-order chi connectivity index (χ0) is 21.2. The topological polar surface area (TPSA) is 44.7 Å². The van der Waals surface area contributed by atoms with E-state index in [4.69, 9.17) is 11.6 Å². The van der Waals surface area contributed by atoms with Gasteiger partial charge in [0.2, 0.25) is 0 Å². The van der Waals surface area contributed by atoms with Gasteiger partial charge >= 0.3 is 0 Å². The summed E-state index contributed by atoms with van der Waals surface area (Å²) >= 11 is 5.95. The number of hydrogen-bond acceptors (Lipinski definition) is 3. The Balaban J connectivity index is 1.86. The maximum Gasteiger partial charge on any atom is 0.271 e. The molecule has 0 aromatic heterocycles. The van der Waals surface area contributed by atoms with Gasteiger partial charge in [-0.05, 0) is 81.1 Å². The Labute approximate surface area is 178 Å². The molecule has 2 aromatic rings. The van der Waals surface area contributed by atoms with Crippen molar-refractivity contribution in [3.05, 3.63) is 69.8 Å². The Kier molecular flexibility index (Phi) is 6.13. The number of hydrazone groups is 1. The standard InChI is InChI=1S/C24H28ClN3O/c1-6-10-28-22-11-16(2)19(13-21(22)17(3)14-24(28,4)5)15-26-27-23(29)18-8-7-9-20(25)12-18/h7-9,11-15H,6,10H2,1-5H3,(H,27,29)/b26-15-. The lowest BCUT2D eigenvalue weighted by atomic mass is 9.87. The van der Waals surface area contributed by atoms with E-state index in [9.17, 15) is 4.79 Å². The van der Waals surface area contributed by atoms with Gasteiger partial charge in [-0.1, -0.05) is 30.7 Å². The third-order valence-corrected chi connectivity index (χ3v) is 5.50. The molecule has 152 valence electrons. The van der Waals surface area contributed by atoms with Crippen molar-refractivity contribution in [3.63, 3.8) is 0 Å². The summed E-state index contributed by atoms with van der Waals surface area (Å²) < 4.78 is 0. The van der Waals surface area contributed by atoms with Crippen LogP contribution in [0.15, 0.2) is 47.6 Å². The predicted molar refractivity (Wildman–Crippen MR) is 123 cm³/mol.